The molecule has 6 nitrogen and oxygen atoms in total. The third-order valence-electron chi connectivity index (χ3n) is 2.84. The number of hydrogen-bond donors (Lipinski definition) is 0. The van der Waals surface area contributed by atoms with Gasteiger partial charge in [-0.15, -0.1) is 11.6 Å². The van der Waals surface area contributed by atoms with Gasteiger partial charge < -0.3 is 9.30 Å². The van der Waals surface area contributed by atoms with Crippen LogP contribution in [0, 0.1) is 0 Å². The number of methoxy groups -OCH3 is 1. The van der Waals surface area contributed by atoms with E-state index < -0.39 is 0 Å². The fourth-order valence-electron chi connectivity index (χ4n) is 1.99. The lowest BCUT2D eigenvalue weighted by atomic mass is 10.3. The average molecular weight is 271 g/mol. The minimum atomic E-state index is -0.333. The molecule has 2 aromatic rings. The van der Waals surface area contributed by atoms with Crippen molar-refractivity contribution in [1.29, 1.82) is 0 Å². The average Bonchev–Trinajstić information content (AvgIpc) is 2.88. The summed E-state index contributed by atoms with van der Waals surface area (Å²) in [6.45, 7) is 2.11. The van der Waals surface area contributed by atoms with E-state index in [9.17, 15) is 4.79 Å². The van der Waals surface area contributed by atoms with Crippen LogP contribution in [-0.4, -0.2) is 32.4 Å². The quantitative estimate of drug-likeness (QED) is 0.620. The maximum Gasteiger partial charge on any atom is 0.325 e. The molecular weight excluding hydrogens is 256 g/mol. The molecule has 0 atom stereocenters. The molecule has 0 saturated heterocycles. The number of halogens is 1. The Morgan fingerprint density at radius 3 is 2.78 bits per heavy atom. The lowest BCUT2D eigenvalue weighted by Crippen LogP contribution is -2.15. The highest BCUT2D eigenvalue weighted by atomic mass is 35.5. The lowest BCUT2D eigenvalue weighted by molar-refractivity contribution is -0.141. The zero-order valence-corrected chi connectivity index (χ0v) is 11.4. The summed E-state index contributed by atoms with van der Waals surface area (Å²) in [5.74, 6) is 0.564. The number of alkyl halides is 1. The lowest BCUT2D eigenvalue weighted by Gasteiger charge is -2.06. The zero-order chi connectivity index (χ0) is 13.3. The molecule has 0 spiro atoms. The molecule has 2 heterocycles. The number of imidazole rings is 1. The summed E-state index contributed by atoms with van der Waals surface area (Å²) in [4.78, 5) is 15.9. The van der Waals surface area contributed by atoms with E-state index in [4.69, 9.17) is 11.6 Å². The number of aromatic nitrogens is 4. The smallest absolute Gasteiger partial charge is 0.325 e. The number of ether oxygens (including phenoxy) is 1. The summed E-state index contributed by atoms with van der Waals surface area (Å²) in [6.07, 6.45) is 0.786. The second kappa shape index (κ2) is 4.97. The molecule has 18 heavy (non-hydrogen) atoms. The van der Waals surface area contributed by atoms with E-state index in [0.717, 1.165) is 23.3 Å². The van der Waals surface area contributed by atoms with Crippen molar-refractivity contribution in [2.45, 2.75) is 25.8 Å². The Morgan fingerprint density at radius 1 is 1.50 bits per heavy atom. The molecule has 0 fully saturated rings. The molecule has 2 rings (SSSR count). The van der Waals surface area contributed by atoms with Crippen LogP contribution in [0.2, 0.25) is 0 Å². The van der Waals surface area contributed by atoms with Crippen molar-refractivity contribution in [2.24, 2.45) is 7.05 Å². The summed E-state index contributed by atoms with van der Waals surface area (Å²) in [6, 6.07) is 0. The standard InChI is InChI=1S/C11H15ClN4O2/c1-4-7-10-11(15(2)14-7)16(6-9(17)18-3)8(5-12)13-10/h4-6H2,1-3H3. The van der Waals surface area contributed by atoms with Gasteiger partial charge in [-0.05, 0) is 6.42 Å². The van der Waals surface area contributed by atoms with Crippen molar-refractivity contribution in [3.05, 3.63) is 11.5 Å². The van der Waals surface area contributed by atoms with Crippen LogP contribution < -0.4 is 0 Å². The molecule has 0 radical (unpaired) electrons. The normalized spacial score (nSPS) is 11.1. The van der Waals surface area contributed by atoms with Gasteiger partial charge in [0.05, 0.1) is 18.7 Å². The number of nitrogens with zero attached hydrogens (tertiary/aromatic N) is 4. The Labute approximate surface area is 109 Å². The molecule has 0 amide bonds. The van der Waals surface area contributed by atoms with E-state index in [2.05, 4.69) is 14.8 Å². The van der Waals surface area contributed by atoms with Gasteiger partial charge in [-0.25, -0.2) is 4.98 Å². The molecule has 2 aromatic heterocycles. The van der Waals surface area contributed by atoms with Gasteiger partial charge in [0.2, 0.25) is 0 Å². The number of carbonyl (C=O) groups is 1. The largest absolute Gasteiger partial charge is 0.468 e. The monoisotopic (exact) mass is 270 g/mol. The van der Waals surface area contributed by atoms with Crippen molar-refractivity contribution in [1.82, 2.24) is 19.3 Å². The number of esters is 1. The van der Waals surface area contributed by atoms with Crippen LogP contribution in [0.1, 0.15) is 18.4 Å². The Morgan fingerprint density at radius 2 is 2.22 bits per heavy atom. The van der Waals surface area contributed by atoms with E-state index in [-0.39, 0.29) is 18.4 Å². The van der Waals surface area contributed by atoms with Crippen molar-refractivity contribution in [2.75, 3.05) is 7.11 Å². The van der Waals surface area contributed by atoms with Gasteiger partial charge in [0.25, 0.3) is 0 Å². The first-order chi connectivity index (χ1) is 8.62. The predicted molar refractivity (Wildman–Crippen MR) is 67.5 cm³/mol. The topological polar surface area (TPSA) is 61.9 Å². The van der Waals surface area contributed by atoms with Crippen molar-refractivity contribution >= 4 is 28.7 Å². The molecule has 7 heteroatoms. The highest BCUT2D eigenvalue weighted by molar-refractivity contribution is 6.16. The fourth-order valence-corrected chi connectivity index (χ4v) is 2.19. The molecule has 0 unspecified atom stereocenters. The molecule has 0 saturated carbocycles. The third-order valence-corrected chi connectivity index (χ3v) is 3.08. The van der Waals surface area contributed by atoms with Gasteiger partial charge in [-0.1, -0.05) is 6.92 Å². The van der Waals surface area contributed by atoms with E-state index in [1.165, 1.54) is 7.11 Å². The second-order valence-corrected chi connectivity index (χ2v) is 4.19. The van der Waals surface area contributed by atoms with Crippen molar-refractivity contribution < 1.29 is 9.53 Å². The minimum absolute atomic E-state index is 0.0950. The highest BCUT2D eigenvalue weighted by Gasteiger charge is 2.19. The number of aryl methyl sites for hydroxylation is 2. The predicted octanol–water partition coefficient (Wildman–Crippen LogP) is 1.24. The molecule has 98 valence electrons. The minimum Gasteiger partial charge on any atom is -0.468 e. The van der Waals surface area contributed by atoms with Crippen LogP contribution in [0.15, 0.2) is 0 Å². The summed E-state index contributed by atoms with van der Waals surface area (Å²) < 4.78 is 8.16. The van der Waals surface area contributed by atoms with Crippen LogP contribution in [-0.2, 0) is 35.4 Å². The Bertz CT molecular complexity index is 587. The van der Waals surface area contributed by atoms with E-state index in [1.54, 1.807) is 9.25 Å². The van der Waals surface area contributed by atoms with Gasteiger partial charge in [-0.2, -0.15) is 5.10 Å². The Balaban J connectivity index is 2.61. The number of rotatable bonds is 4. The van der Waals surface area contributed by atoms with E-state index in [0.29, 0.717) is 5.82 Å². The van der Waals surface area contributed by atoms with Crippen molar-refractivity contribution in [3.8, 4) is 0 Å². The van der Waals surface area contributed by atoms with E-state index >= 15 is 0 Å². The highest BCUT2D eigenvalue weighted by Crippen LogP contribution is 2.21. The van der Waals surface area contributed by atoms with Crippen LogP contribution in [0.4, 0.5) is 0 Å². The fraction of sp³-hybridized carbons (Fsp3) is 0.545. The maximum atomic E-state index is 11.4. The molecule has 0 aliphatic rings. The molecule has 0 bridgehead atoms. The van der Waals surface area contributed by atoms with Gasteiger partial charge in [-0.3, -0.25) is 9.48 Å². The first-order valence-corrected chi connectivity index (χ1v) is 6.19. The Kier molecular flexibility index (Phi) is 3.56. The molecule has 0 N–H and O–H groups in total. The number of carbonyl (C=O) groups excluding carboxylic acids is 1. The van der Waals surface area contributed by atoms with Gasteiger partial charge in [0, 0.05) is 7.05 Å². The maximum absolute atomic E-state index is 11.4. The number of fused-ring (bicyclic) bond motifs is 1. The Hall–Kier alpha value is -1.56. The first-order valence-electron chi connectivity index (χ1n) is 5.66. The summed E-state index contributed by atoms with van der Waals surface area (Å²) in [5, 5.41) is 4.38. The molecule has 0 aliphatic heterocycles. The zero-order valence-electron chi connectivity index (χ0n) is 10.6. The summed E-state index contributed by atoms with van der Waals surface area (Å²) in [7, 11) is 3.19. The SMILES string of the molecule is CCc1nn(C)c2c1nc(CCl)n2CC(=O)OC. The van der Waals surface area contributed by atoms with E-state index in [1.807, 2.05) is 14.0 Å². The second-order valence-electron chi connectivity index (χ2n) is 3.92. The third kappa shape index (κ3) is 1.96. The van der Waals surface area contributed by atoms with Gasteiger partial charge >= 0.3 is 5.97 Å². The first kappa shape index (κ1) is 12.9. The van der Waals surface area contributed by atoms with Gasteiger partial charge in [0.15, 0.2) is 5.65 Å². The number of hydrogen-bond acceptors (Lipinski definition) is 4. The van der Waals surface area contributed by atoms with Crippen LogP contribution >= 0.6 is 11.6 Å². The van der Waals surface area contributed by atoms with Gasteiger partial charge in [0.1, 0.15) is 17.9 Å². The summed E-state index contributed by atoms with van der Waals surface area (Å²) >= 11 is 5.87. The summed E-state index contributed by atoms with van der Waals surface area (Å²) in [5.41, 5.74) is 2.51. The molecule has 0 aromatic carbocycles. The van der Waals surface area contributed by atoms with Crippen molar-refractivity contribution in [3.63, 3.8) is 0 Å². The van der Waals surface area contributed by atoms with Crippen LogP contribution in [0.5, 0.6) is 0 Å². The van der Waals surface area contributed by atoms with Crippen LogP contribution in [0.3, 0.4) is 0 Å². The molecule has 0 aliphatic carbocycles. The molecular formula is C11H15ClN4O2. The van der Waals surface area contributed by atoms with Crippen LogP contribution in [0.25, 0.3) is 11.2 Å².